The fourth-order valence-electron chi connectivity index (χ4n) is 4.01. The summed E-state index contributed by atoms with van der Waals surface area (Å²) in [5, 5.41) is 0. The largest absolute Gasteiger partial charge is 0.497 e. The first kappa shape index (κ1) is 19.7. The van der Waals surface area contributed by atoms with E-state index in [2.05, 4.69) is 55.5 Å². The van der Waals surface area contributed by atoms with Gasteiger partial charge in [0.15, 0.2) is 0 Å². The SMILES string of the molecule is COc1ccc(C2c3cc(OC)ccc3OCC2C2=CC=CC(C)(S)C=C2)cc1. The molecule has 3 atom stereocenters. The maximum Gasteiger partial charge on any atom is 0.123 e. The van der Waals surface area contributed by atoms with Crippen molar-refractivity contribution in [2.24, 2.45) is 5.92 Å². The highest BCUT2D eigenvalue weighted by Gasteiger charge is 2.34. The molecule has 0 radical (unpaired) electrons. The van der Waals surface area contributed by atoms with E-state index in [0.717, 1.165) is 22.8 Å². The van der Waals surface area contributed by atoms with Crippen molar-refractivity contribution in [2.45, 2.75) is 17.6 Å². The van der Waals surface area contributed by atoms with Crippen LogP contribution in [0, 0.1) is 5.92 Å². The molecule has 0 spiro atoms. The zero-order valence-electron chi connectivity index (χ0n) is 17.0. The van der Waals surface area contributed by atoms with Crippen LogP contribution in [0.4, 0.5) is 0 Å². The lowest BCUT2D eigenvalue weighted by molar-refractivity contribution is 0.229. The van der Waals surface area contributed by atoms with Crippen molar-refractivity contribution in [1.82, 2.24) is 0 Å². The highest BCUT2D eigenvalue weighted by molar-refractivity contribution is 7.82. The van der Waals surface area contributed by atoms with E-state index in [-0.39, 0.29) is 16.6 Å². The Balaban J connectivity index is 1.81. The molecule has 150 valence electrons. The summed E-state index contributed by atoms with van der Waals surface area (Å²) in [5.41, 5.74) is 3.60. The van der Waals surface area contributed by atoms with Crippen LogP contribution in [0.15, 0.2) is 78.4 Å². The van der Waals surface area contributed by atoms with Gasteiger partial charge in [-0.2, -0.15) is 12.6 Å². The first-order valence-electron chi connectivity index (χ1n) is 9.76. The summed E-state index contributed by atoms with van der Waals surface area (Å²) in [4.78, 5) is 0. The van der Waals surface area contributed by atoms with Gasteiger partial charge in [0, 0.05) is 22.1 Å². The van der Waals surface area contributed by atoms with Crippen molar-refractivity contribution in [3.05, 3.63) is 89.5 Å². The Labute approximate surface area is 178 Å². The van der Waals surface area contributed by atoms with E-state index in [1.165, 1.54) is 11.1 Å². The van der Waals surface area contributed by atoms with Crippen LogP contribution in [-0.2, 0) is 0 Å². The summed E-state index contributed by atoms with van der Waals surface area (Å²) >= 11 is 4.71. The third-order valence-corrected chi connectivity index (χ3v) is 5.91. The number of ether oxygens (including phenoxy) is 3. The molecule has 0 saturated heterocycles. The van der Waals surface area contributed by atoms with Gasteiger partial charge in [0.1, 0.15) is 17.2 Å². The van der Waals surface area contributed by atoms with Crippen LogP contribution in [0.5, 0.6) is 17.2 Å². The summed E-state index contributed by atoms with van der Waals surface area (Å²) in [6, 6.07) is 14.4. The highest BCUT2D eigenvalue weighted by Crippen LogP contribution is 2.46. The van der Waals surface area contributed by atoms with Crippen molar-refractivity contribution in [3.8, 4) is 17.2 Å². The molecule has 0 aromatic heterocycles. The zero-order chi connectivity index (χ0) is 20.4. The molecule has 2 aromatic rings. The lowest BCUT2D eigenvalue weighted by Gasteiger charge is -2.35. The molecule has 0 amide bonds. The van der Waals surface area contributed by atoms with Gasteiger partial charge >= 0.3 is 0 Å². The number of benzene rings is 2. The standard InChI is InChI=1S/C25H26O3S/c1-25(29)13-4-5-17(12-14-25)22-16-28-23-11-10-20(27-3)15-21(23)24(22)18-6-8-19(26-2)9-7-18/h4-15,22,24,29H,16H2,1-3H3. The lowest BCUT2D eigenvalue weighted by Crippen LogP contribution is -2.28. The maximum atomic E-state index is 6.18. The smallest absolute Gasteiger partial charge is 0.123 e. The number of hydrogen-bond acceptors (Lipinski definition) is 4. The predicted octanol–water partition coefficient (Wildman–Crippen LogP) is 5.59. The number of fused-ring (bicyclic) bond motifs is 1. The molecule has 2 aliphatic rings. The number of allylic oxidation sites excluding steroid dienone is 3. The Morgan fingerprint density at radius 1 is 1.00 bits per heavy atom. The average molecular weight is 407 g/mol. The molecule has 1 aliphatic carbocycles. The van der Waals surface area contributed by atoms with E-state index in [0.29, 0.717) is 6.61 Å². The molecule has 3 nitrogen and oxygen atoms in total. The number of methoxy groups -OCH3 is 2. The number of rotatable bonds is 4. The minimum atomic E-state index is -0.259. The van der Waals surface area contributed by atoms with Crippen LogP contribution >= 0.6 is 12.6 Å². The van der Waals surface area contributed by atoms with E-state index in [1.807, 2.05) is 24.3 Å². The maximum absolute atomic E-state index is 6.18. The average Bonchev–Trinajstić information content (AvgIpc) is 2.93. The second-order valence-corrected chi connectivity index (χ2v) is 8.62. The Hall–Kier alpha value is -2.59. The van der Waals surface area contributed by atoms with Gasteiger partial charge in [0.25, 0.3) is 0 Å². The third kappa shape index (κ3) is 4.08. The first-order chi connectivity index (χ1) is 14.0. The van der Waals surface area contributed by atoms with E-state index in [4.69, 9.17) is 26.8 Å². The van der Waals surface area contributed by atoms with Gasteiger partial charge in [-0.1, -0.05) is 42.5 Å². The fourth-order valence-corrected chi connectivity index (χ4v) is 4.17. The normalized spacial score (nSPS) is 25.4. The van der Waals surface area contributed by atoms with Crippen LogP contribution in [-0.4, -0.2) is 25.6 Å². The van der Waals surface area contributed by atoms with E-state index < -0.39 is 0 Å². The minimum absolute atomic E-state index is 0.147. The minimum Gasteiger partial charge on any atom is -0.497 e. The Bertz CT molecular complexity index is 970. The van der Waals surface area contributed by atoms with Crippen molar-refractivity contribution in [1.29, 1.82) is 0 Å². The number of hydrogen-bond donors (Lipinski definition) is 1. The molecule has 4 rings (SSSR count). The molecular formula is C25H26O3S. The van der Waals surface area contributed by atoms with Crippen LogP contribution in [0.3, 0.4) is 0 Å². The van der Waals surface area contributed by atoms with Gasteiger partial charge in [-0.25, -0.2) is 0 Å². The summed E-state index contributed by atoms with van der Waals surface area (Å²) in [6.45, 7) is 2.70. The summed E-state index contributed by atoms with van der Waals surface area (Å²) in [5.74, 6) is 2.92. The van der Waals surface area contributed by atoms with Crippen LogP contribution < -0.4 is 14.2 Å². The van der Waals surface area contributed by atoms with Crippen LogP contribution in [0.2, 0.25) is 0 Å². The molecule has 0 bridgehead atoms. The second kappa shape index (κ2) is 8.03. The quantitative estimate of drug-likeness (QED) is 0.671. The van der Waals surface area contributed by atoms with Gasteiger partial charge in [-0.15, -0.1) is 0 Å². The van der Waals surface area contributed by atoms with Crippen molar-refractivity contribution in [2.75, 3.05) is 20.8 Å². The van der Waals surface area contributed by atoms with Crippen LogP contribution in [0.1, 0.15) is 24.0 Å². The Morgan fingerprint density at radius 3 is 2.45 bits per heavy atom. The van der Waals surface area contributed by atoms with E-state index in [9.17, 15) is 0 Å². The molecule has 0 fully saturated rings. The van der Waals surface area contributed by atoms with Gasteiger partial charge in [0.05, 0.1) is 20.8 Å². The molecule has 0 N–H and O–H groups in total. The first-order valence-corrected chi connectivity index (χ1v) is 10.2. The molecule has 3 unspecified atom stereocenters. The van der Waals surface area contributed by atoms with Gasteiger partial charge in [-0.05, 0) is 48.4 Å². The summed E-state index contributed by atoms with van der Waals surface area (Å²) in [6.07, 6.45) is 10.7. The van der Waals surface area contributed by atoms with Crippen LogP contribution in [0.25, 0.3) is 0 Å². The fraction of sp³-hybridized carbons (Fsp3) is 0.280. The predicted molar refractivity (Wildman–Crippen MR) is 121 cm³/mol. The van der Waals surface area contributed by atoms with Gasteiger partial charge < -0.3 is 14.2 Å². The highest BCUT2D eigenvalue weighted by atomic mass is 32.1. The summed E-state index contributed by atoms with van der Waals surface area (Å²) in [7, 11) is 3.38. The molecule has 2 aromatic carbocycles. The van der Waals surface area contributed by atoms with Crippen molar-refractivity contribution < 1.29 is 14.2 Å². The van der Waals surface area contributed by atoms with Gasteiger partial charge in [-0.3, -0.25) is 0 Å². The van der Waals surface area contributed by atoms with Crippen molar-refractivity contribution >= 4 is 12.6 Å². The zero-order valence-corrected chi connectivity index (χ0v) is 17.9. The van der Waals surface area contributed by atoms with Gasteiger partial charge in [0.2, 0.25) is 0 Å². The molecule has 1 aliphatic heterocycles. The summed E-state index contributed by atoms with van der Waals surface area (Å²) < 4.78 is 16.8. The van der Waals surface area contributed by atoms with E-state index >= 15 is 0 Å². The van der Waals surface area contributed by atoms with E-state index in [1.54, 1.807) is 14.2 Å². The monoisotopic (exact) mass is 406 g/mol. The number of thiol groups is 1. The Morgan fingerprint density at radius 2 is 1.72 bits per heavy atom. The molecule has 0 saturated carbocycles. The topological polar surface area (TPSA) is 27.7 Å². The third-order valence-electron chi connectivity index (χ3n) is 5.61. The molecule has 4 heteroatoms. The second-order valence-electron chi connectivity index (χ2n) is 7.66. The molecule has 29 heavy (non-hydrogen) atoms. The molecule has 1 heterocycles. The molecular weight excluding hydrogens is 380 g/mol. The lowest BCUT2D eigenvalue weighted by atomic mass is 9.75. The van der Waals surface area contributed by atoms with Crippen molar-refractivity contribution in [3.63, 3.8) is 0 Å². The Kier molecular flexibility index (Phi) is 5.46.